The van der Waals surface area contributed by atoms with Gasteiger partial charge in [0.15, 0.2) is 0 Å². The summed E-state index contributed by atoms with van der Waals surface area (Å²) >= 11 is 0. The number of benzene rings is 1. The predicted molar refractivity (Wildman–Crippen MR) is 97.8 cm³/mol. The van der Waals surface area contributed by atoms with Gasteiger partial charge in [-0.05, 0) is 31.9 Å². The molecule has 0 radical (unpaired) electrons. The Labute approximate surface area is 158 Å². The summed E-state index contributed by atoms with van der Waals surface area (Å²) in [6, 6.07) is 5.38. The molecule has 1 aromatic rings. The molecule has 2 heterocycles. The van der Waals surface area contributed by atoms with Crippen molar-refractivity contribution >= 4 is 12.0 Å². The second-order valence-electron chi connectivity index (χ2n) is 7.37. The molecule has 0 unspecified atom stereocenters. The molecule has 0 bridgehead atoms. The van der Waals surface area contributed by atoms with Crippen molar-refractivity contribution in [1.82, 2.24) is 10.2 Å². The van der Waals surface area contributed by atoms with Gasteiger partial charge in [0.25, 0.3) is 0 Å². The molecule has 0 aromatic heterocycles. The number of amides is 2. The van der Waals surface area contributed by atoms with Gasteiger partial charge in [0.05, 0.1) is 13.7 Å². The van der Waals surface area contributed by atoms with E-state index in [-0.39, 0.29) is 24.1 Å². The predicted octanol–water partition coefficient (Wildman–Crippen LogP) is 2.64. The summed E-state index contributed by atoms with van der Waals surface area (Å²) in [5.41, 5.74) is 0.911. The lowest BCUT2D eigenvalue weighted by atomic mass is 9.99. The minimum absolute atomic E-state index is 0.129. The Morgan fingerprint density at radius 3 is 2.78 bits per heavy atom. The molecule has 2 fully saturated rings. The van der Waals surface area contributed by atoms with E-state index >= 15 is 0 Å². The lowest BCUT2D eigenvalue weighted by Crippen LogP contribution is -2.44. The Hall–Kier alpha value is -2.44. The number of hydrogen-bond acceptors (Lipinski definition) is 5. The molecule has 3 atom stereocenters. The van der Waals surface area contributed by atoms with Gasteiger partial charge < -0.3 is 24.4 Å². The van der Waals surface area contributed by atoms with Crippen LogP contribution in [0.5, 0.6) is 11.5 Å². The van der Waals surface area contributed by atoms with Gasteiger partial charge in [-0.15, -0.1) is 0 Å². The second-order valence-corrected chi connectivity index (χ2v) is 7.37. The number of esters is 1. The van der Waals surface area contributed by atoms with E-state index in [2.05, 4.69) is 5.32 Å². The standard InChI is InChI=1S/C20H26N2O5/c1-3-26-19(23)15-11-22(20(24)21-12-6-4-5-7-12)17-14-9-8-13(25-2)10-16(14)27-18(15)17/h8-10,12,15,17-18H,3-7,11H2,1-2H3,(H,21,24)/t15-,17+,18+/m1/s1. The van der Waals surface area contributed by atoms with Crippen LogP contribution in [0, 0.1) is 5.92 Å². The molecule has 7 nitrogen and oxygen atoms in total. The van der Waals surface area contributed by atoms with Gasteiger partial charge in [0.2, 0.25) is 0 Å². The van der Waals surface area contributed by atoms with Gasteiger partial charge in [0.1, 0.15) is 29.6 Å². The monoisotopic (exact) mass is 374 g/mol. The van der Waals surface area contributed by atoms with Gasteiger partial charge in [-0.1, -0.05) is 12.8 Å². The zero-order valence-corrected chi connectivity index (χ0v) is 15.8. The number of rotatable bonds is 4. The van der Waals surface area contributed by atoms with Crippen molar-refractivity contribution < 1.29 is 23.8 Å². The molecular formula is C20H26N2O5. The smallest absolute Gasteiger partial charge is 0.318 e. The Kier molecular flexibility index (Phi) is 4.85. The minimum Gasteiger partial charge on any atom is -0.497 e. The first-order valence-electron chi connectivity index (χ1n) is 9.70. The van der Waals surface area contributed by atoms with Crippen molar-refractivity contribution in [3.05, 3.63) is 23.8 Å². The average Bonchev–Trinajstić information content (AvgIpc) is 3.36. The lowest BCUT2D eigenvalue weighted by Gasteiger charge is -2.25. The molecule has 146 valence electrons. The molecular weight excluding hydrogens is 348 g/mol. The zero-order valence-electron chi connectivity index (χ0n) is 15.8. The van der Waals surface area contributed by atoms with Crippen molar-refractivity contribution in [1.29, 1.82) is 0 Å². The molecule has 2 aliphatic heterocycles. The maximum absolute atomic E-state index is 13.0. The highest BCUT2D eigenvalue weighted by atomic mass is 16.5. The van der Waals surface area contributed by atoms with Crippen LogP contribution >= 0.6 is 0 Å². The van der Waals surface area contributed by atoms with Gasteiger partial charge in [-0.25, -0.2) is 4.79 Å². The first-order valence-corrected chi connectivity index (χ1v) is 9.70. The summed E-state index contributed by atoms with van der Waals surface area (Å²) in [4.78, 5) is 27.2. The fourth-order valence-corrected chi connectivity index (χ4v) is 4.45. The largest absolute Gasteiger partial charge is 0.497 e. The van der Waals surface area contributed by atoms with Crippen LogP contribution in [0.2, 0.25) is 0 Å². The van der Waals surface area contributed by atoms with Crippen molar-refractivity contribution in [3.8, 4) is 11.5 Å². The number of likely N-dealkylation sites (tertiary alicyclic amines) is 1. The quantitative estimate of drug-likeness (QED) is 0.820. The number of nitrogens with one attached hydrogen (secondary N) is 1. The van der Waals surface area contributed by atoms with E-state index < -0.39 is 12.0 Å². The van der Waals surface area contributed by atoms with Crippen LogP contribution in [0.15, 0.2) is 18.2 Å². The summed E-state index contributed by atoms with van der Waals surface area (Å²) in [5.74, 6) is 0.534. The summed E-state index contributed by atoms with van der Waals surface area (Å²) in [7, 11) is 1.60. The first-order chi connectivity index (χ1) is 13.1. The maximum Gasteiger partial charge on any atom is 0.318 e. The van der Waals surface area contributed by atoms with Crippen LogP contribution in [-0.4, -0.2) is 49.3 Å². The molecule has 7 heteroatoms. The van der Waals surface area contributed by atoms with Crippen LogP contribution in [0.1, 0.15) is 44.2 Å². The number of carbonyl (C=O) groups excluding carboxylic acids is 2. The number of carbonyl (C=O) groups is 2. The van der Waals surface area contributed by atoms with Gasteiger partial charge >= 0.3 is 12.0 Å². The summed E-state index contributed by atoms with van der Waals surface area (Å²) < 4.78 is 16.6. The van der Waals surface area contributed by atoms with E-state index in [1.54, 1.807) is 18.9 Å². The molecule has 2 amide bonds. The van der Waals surface area contributed by atoms with E-state index in [0.29, 0.717) is 24.7 Å². The van der Waals surface area contributed by atoms with Crippen LogP contribution < -0.4 is 14.8 Å². The fraction of sp³-hybridized carbons (Fsp3) is 0.600. The highest BCUT2D eigenvalue weighted by Gasteiger charge is 2.54. The Balaban J connectivity index is 1.61. The van der Waals surface area contributed by atoms with Crippen LogP contribution in [0.3, 0.4) is 0 Å². The molecule has 1 N–H and O–H groups in total. The molecule has 1 saturated carbocycles. The third-order valence-corrected chi connectivity index (χ3v) is 5.77. The van der Waals surface area contributed by atoms with Gasteiger partial charge in [-0.2, -0.15) is 0 Å². The Morgan fingerprint density at radius 2 is 2.07 bits per heavy atom. The lowest BCUT2D eigenvalue weighted by molar-refractivity contribution is -0.149. The maximum atomic E-state index is 13.0. The van der Waals surface area contributed by atoms with Crippen molar-refractivity contribution in [2.24, 2.45) is 5.92 Å². The van der Waals surface area contributed by atoms with E-state index in [9.17, 15) is 9.59 Å². The van der Waals surface area contributed by atoms with E-state index in [4.69, 9.17) is 14.2 Å². The number of nitrogens with zero attached hydrogens (tertiary/aromatic N) is 1. The van der Waals surface area contributed by atoms with E-state index in [1.807, 2.05) is 18.2 Å². The molecule has 0 spiro atoms. The minimum atomic E-state index is -0.498. The first kappa shape index (κ1) is 17.9. The van der Waals surface area contributed by atoms with Crippen molar-refractivity contribution in [2.75, 3.05) is 20.3 Å². The number of methoxy groups -OCH3 is 1. The zero-order chi connectivity index (χ0) is 19.0. The Morgan fingerprint density at radius 1 is 1.30 bits per heavy atom. The number of urea groups is 1. The number of ether oxygens (including phenoxy) is 3. The van der Waals surface area contributed by atoms with Crippen molar-refractivity contribution in [2.45, 2.75) is 50.8 Å². The molecule has 1 aliphatic carbocycles. The summed E-state index contributed by atoms with van der Waals surface area (Å²) in [5, 5.41) is 3.13. The molecule has 1 saturated heterocycles. The Bertz CT molecular complexity index is 731. The third kappa shape index (κ3) is 3.19. The topological polar surface area (TPSA) is 77.1 Å². The summed E-state index contributed by atoms with van der Waals surface area (Å²) in [6.45, 7) is 2.39. The number of hydrogen-bond donors (Lipinski definition) is 1. The molecule has 4 rings (SSSR count). The number of fused-ring (bicyclic) bond motifs is 3. The van der Waals surface area contributed by atoms with Crippen LogP contribution in [0.25, 0.3) is 0 Å². The highest BCUT2D eigenvalue weighted by Crippen LogP contribution is 2.49. The fourth-order valence-electron chi connectivity index (χ4n) is 4.45. The molecule has 3 aliphatic rings. The highest BCUT2D eigenvalue weighted by molar-refractivity contribution is 5.80. The van der Waals surface area contributed by atoms with Crippen molar-refractivity contribution in [3.63, 3.8) is 0 Å². The SMILES string of the molecule is CCOC(=O)[C@@H]1CN(C(=O)NC2CCCC2)[C@H]2c3ccc(OC)cc3O[C@@H]12. The third-order valence-electron chi connectivity index (χ3n) is 5.77. The average molecular weight is 374 g/mol. The van der Waals surface area contributed by atoms with Gasteiger partial charge in [0, 0.05) is 24.2 Å². The summed E-state index contributed by atoms with van der Waals surface area (Å²) in [6.07, 6.45) is 3.89. The van der Waals surface area contributed by atoms with Crippen LogP contribution in [-0.2, 0) is 9.53 Å². The van der Waals surface area contributed by atoms with Crippen LogP contribution in [0.4, 0.5) is 4.79 Å². The molecule has 27 heavy (non-hydrogen) atoms. The van der Waals surface area contributed by atoms with Gasteiger partial charge in [-0.3, -0.25) is 4.79 Å². The normalized spacial score (nSPS) is 26.3. The molecule has 1 aromatic carbocycles. The van der Waals surface area contributed by atoms with E-state index in [1.165, 1.54) is 0 Å². The second kappa shape index (κ2) is 7.29. The van der Waals surface area contributed by atoms with E-state index in [0.717, 1.165) is 31.2 Å².